The van der Waals surface area contributed by atoms with E-state index in [1.54, 1.807) is 12.1 Å². The molecule has 0 aliphatic carbocycles. The first-order valence-corrected chi connectivity index (χ1v) is 5.95. The van der Waals surface area contributed by atoms with Gasteiger partial charge in [0.15, 0.2) is 5.84 Å². The quantitative estimate of drug-likeness (QED) is 0.393. The zero-order valence-corrected chi connectivity index (χ0v) is 11.1. The fraction of sp³-hybridized carbons (Fsp3) is 0. The molecule has 0 spiro atoms. The van der Waals surface area contributed by atoms with E-state index in [1.807, 2.05) is 0 Å². The first-order valence-electron chi connectivity index (χ1n) is 5.16. The van der Waals surface area contributed by atoms with Crippen LogP contribution in [-0.4, -0.2) is 16.0 Å². The van der Waals surface area contributed by atoms with Crippen molar-refractivity contribution < 1.29 is 14.3 Å². The Morgan fingerprint density at radius 1 is 1.32 bits per heavy atom. The maximum Gasteiger partial charge on any atom is 0.188 e. The van der Waals surface area contributed by atoms with Gasteiger partial charge in [-0.2, -0.15) is 0 Å². The predicted molar refractivity (Wildman–Crippen MR) is 70.9 cm³/mol. The Kier molecular flexibility index (Phi) is 3.96. The number of benzene rings is 1. The molecule has 0 fully saturated rings. The van der Waals surface area contributed by atoms with Crippen molar-refractivity contribution in [2.24, 2.45) is 10.9 Å². The fourth-order valence-electron chi connectivity index (χ4n) is 1.37. The van der Waals surface area contributed by atoms with E-state index in [9.17, 15) is 4.39 Å². The van der Waals surface area contributed by atoms with Gasteiger partial charge in [0.05, 0.1) is 6.20 Å². The molecule has 0 aliphatic heterocycles. The molecule has 0 atom stereocenters. The van der Waals surface area contributed by atoms with Crippen LogP contribution in [0, 0.1) is 5.82 Å². The molecular formula is C12H9BrFN3O2. The molecule has 0 amide bonds. The van der Waals surface area contributed by atoms with Gasteiger partial charge in [-0.05, 0) is 24.3 Å². The molecule has 7 heteroatoms. The number of hydrogen-bond donors (Lipinski definition) is 2. The molecule has 19 heavy (non-hydrogen) atoms. The van der Waals surface area contributed by atoms with E-state index in [4.69, 9.17) is 15.7 Å². The largest absolute Gasteiger partial charge is 0.456 e. The number of halogens is 2. The molecule has 3 N–H and O–H groups in total. The van der Waals surface area contributed by atoms with E-state index >= 15 is 0 Å². The van der Waals surface area contributed by atoms with E-state index in [1.165, 1.54) is 24.4 Å². The van der Waals surface area contributed by atoms with Crippen molar-refractivity contribution in [3.05, 3.63) is 52.5 Å². The Morgan fingerprint density at radius 2 is 2.11 bits per heavy atom. The van der Waals surface area contributed by atoms with Gasteiger partial charge in [0.2, 0.25) is 0 Å². The number of amidine groups is 1. The average Bonchev–Trinajstić information content (AvgIpc) is 2.37. The minimum absolute atomic E-state index is 0.0972. The number of nitrogens with two attached hydrogens (primary N) is 1. The van der Waals surface area contributed by atoms with Crippen molar-refractivity contribution in [3.63, 3.8) is 0 Å². The highest BCUT2D eigenvalue weighted by atomic mass is 79.9. The van der Waals surface area contributed by atoms with E-state index in [-0.39, 0.29) is 5.84 Å². The Labute approximate surface area is 116 Å². The SMILES string of the molecule is N/C(=N/O)c1ccc(Oc2cc(F)cc(Br)c2)cn1. The van der Waals surface area contributed by atoms with E-state index in [0.717, 1.165) is 0 Å². The van der Waals surface area contributed by atoms with Crippen molar-refractivity contribution in [1.82, 2.24) is 4.98 Å². The van der Waals surface area contributed by atoms with Crippen LogP contribution >= 0.6 is 15.9 Å². The molecule has 2 rings (SSSR count). The Bertz CT molecular complexity index is 597. The lowest BCUT2D eigenvalue weighted by Gasteiger charge is -2.06. The monoisotopic (exact) mass is 325 g/mol. The number of hydrogen-bond acceptors (Lipinski definition) is 4. The molecule has 1 aromatic heterocycles. The maximum atomic E-state index is 13.2. The van der Waals surface area contributed by atoms with Crippen LogP contribution in [-0.2, 0) is 0 Å². The highest BCUT2D eigenvalue weighted by molar-refractivity contribution is 9.10. The molecule has 0 unspecified atom stereocenters. The van der Waals surface area contributed by atoms with Crippen molar-refractivity contribution in [3.8, 4) is 11.5 Å². The summed E-state index contributed by atoms with van der Waals surface area (Å²) in [6, 6.07) is 7.31. The standard InChI is InChI=1S/C12H9BrFN3O2/c13-7-3-8(14)5-10(4-7)19-9-1-2-11(16-6-9)12(15)17-18/h1-6,18H,(H2,15,17). The maximum absolute atomic E-state index is 13.2. The van der Waals surface area contributed by atoms with Crippen LogP contribution in [0.1, 0.15) is 5.69 Å². The Hall–Kier alpha value is -2.15. The number of oxime groups is 1. The normalized spacial score (nSPS) is 11.4. The fourth-order valence-corrected chi connectivity index (χ4v) is 1.81. The van der Waals surface area contributed by atoms with Gasteiger partial charge in [0, 0.05) is 10.5 Å². The number of rotatable bonds is 3. The van der Waals surface area contributed by atoms with E-state index in [2.05, 4.69) is 26.1 Å². The summed E-state index contributed by atoms with van der Waals surface area (Å²) in [7, 11) is 0. The third kappa shape index (κ3) is 3.41. The number of pyridine rings is 1. The minimum atomic E-state index is -0.411. The molecule has 0 saturated carbocycles. The molecule has 1 heterocycles. The molecule has 98 valence electrons. The van der Waals surface area contributed by atoms with Crippen LogP contribution in [0.2, 0.25) is 0 Å². The molecule has 0 bridgehead atoms. The number of nitrogens with zero attached hydrogens (tertiary/aromatic N) is 2. The zero-order chi connectivity index (χ0) is 13.8. The van der Waals surface area contributed by atoms with Gasteiger partial charge in [-0.25, -0.2) is 9.37 Å². The second-order valence-corrected chi connectivity index (χ2v) is 4.49. The summed E-state index contributed by atoms with van der Waals surface area (Å²) in [6.45, 7) is 0. The van der Waals surface area contributed by atoms with Gasteiger partial charge >= 0.3 is 0 Å². The van der Waals surface area contributed by atoms with Crippen molar-refractivity contribution in [2.45, 2.75) is 0 Å². The van der Waals surface area contributed by atoms with Gasteiger partial charge in [0.1, 0.15) is 23.0 Å². The van der Waals surface area contributed by atoms with Gasteiger partial charge in [0.25, 0.3) is 0 Å². The van der Waals surface area contributed by atoms with Crippen LogP contribution in [0.4, 0.5) is 4.39 Å². The first-order chi connectivity index (χ1) is 9.08. The molecule has 5 nitrogen and oxygen atoms in total. The second-order valence-electron chi connectivity index (χ2n) is 3.57. The highest BCUT2D eigenvalue weighted by Crippen LogP contribution is 2.25. The van der Waals surface area contributed by atoms with Crippen molar-refractivity contribution >= 4 is 21.8 Å². The molecule has 2 aromatic rings. The summed E-state index contributed by atoms with van der Waals surface area (Å²) < 4.78 is 19.2. The van der Waals surface area contributed by atoms with Gasteiger partial charge in [-0.3, -0.25) is 0 Å². The minimum Gasteiger partial charge on any atom is -0.456 e. The summed E-state index contributed by atoms with van der Waals surface area (Å²) >= 11 is 3.17. The molecule has 1 aromatic carbocycles. The average molecular weight is 326 g/mol. The first kappa shape index (κ1) is 13.3. The third-order valence-corrected chi connectivity index (χ3v) is 2.64. The Balaban J connectivity index is 2.19. The van der Waals surface area contributed by atoms with E-state index in [0.29, 0.717) is 21.7 Å². The molecular weight excluding hydrogens is 317 g/mol. The van der Waals surface area contributed by atoms with Crippen molar-refractivity contribution in [2.75, 3.05) is 0 Å². The summed E-state index contributed by atoms with van der Waals surface area (Å²) in [4.78, 5) is 3.94. The lowest BCUT2D eigenvalue weighted by molar-refractivity contribution is 0.318. The summed E-state index contributed by atoms with van der Waals surface area (Å²) in [6.07, 6.45) is 1.40. The van der Waals surface area contributed by atoms with Crippen LogP contribution in [0.5, 0.6) is 11.5 Å². The van der Waals surface area contributed by atoms with Crippen LogP contribution in [0.3, 0.4) is 0 Å². The van der Waals surface area contributed by atoms with Crippen LogP contribution < -0.4 is 10.5 Å². The van der Waals surface area contributed by atoms with Gasteiger partial charge < -0.3 is 15.7 Å². The van der Waals surface area contributed by atoms with Crippen LogP contribution in [0.25, 0.3) is 0 Å². The van der Waals surface area contributed by atoms with Gasteiger partial charge in [-0.15, -0.1) is 0 Å². The molecule has 0 radical (unpaired) electrons. The van der Waals surface area contributed by atoms with E-state index < -0.39 is 5.82 Å². The molecule has 0 aliphatic rings. The summed E-state index contributed by atoms with van der Waals surface area (Å²) in [5.74, 6) is 0.239. The Morgan fingerprint density at radius 3 is 2.68 bits per heavy atom. The predicted octanol–water partition coefficient (Wildman–Crippen LogP) is 2.87. The second kappa shape index (κ2) is 5.66. The summed E-state index contributed by atoms with van der Waals surface area (Å²) in [5.41, 5.74) is 5.69. The third-order valence-electron chi connectivity index (χ3n) is 2.18. The smallest absolute Gasteiger partial charge is 0.188 e. The van der Waals surface area contributed by atoms with Crippen LogP contribution in [0.15, 0.2) is 46.2 Å². The lowest BCUT2D eigenvalue weighted by Crippen LogP contribution is -2.14. The highest BCUT2D eigenvalue weighted by Gasteiger charge is 2.04. The lowest BCUT2D eigenvalue weighted by atomic mass is 10.3. The summed E-state index contributed by atoms with van der Waals surface area (Å²) in [5, 5.41) is 11.3. The topological polar surface area (TPSA) is 80.7 Å². The van der Waals surface area contributed by atoms with Crippen molar-refractivity contribution in [1.29, 1.82) is 0 Å². The number of ether oxygens (including phenoxy) is 1. The zero-order valence-electron chi connectivity index (χ0n) is 9.55. The van der Waals surface area contributed by atoms with Gasteiger partial charge in [-0.1, -0.05) is 21.1 Å². The molecule has 0 saturated heterocycles. The number of aromatic nitrogens is 1.